The van der Waals surface area contributed by atoms with E-state index in [1.54, 1.807) is 10.9 Å². The molecule has 0 bridgehead atoms. The summed E-state index contributed by atoms with van der Waals surface area (Å²) >= 11 is 6.16. The Bertz CT molecular complexity index is 541. The van der Waals surface area contributed by atoms with Gasteiger partial charge in [-0.15, -0.1) is 5.10 Å². The Hall–Kier alpha value is -1.75. The van der Waals surface area contributed by atoms with E-state index in [2.05, 4.69) is 22.6 Å². The second kappa shape index (κ2) is 6.43. The van der Waals surface area contributed by atoms with Crippen molar-refractivity contribution in [2.45, 2.75) is 19.9 Å². The average Bonchev–Trinajstić information content (AvgIpc) is 2.81. The molecule has 1 aromatic carbocycles. The normalized spacial score (nSPS) is 10.5. The molecule has 2 aromatic rings. The fourth-order valence-electron chi connectivity index (χ4n) is 1.60. The topological polar surface area (TPSA) is 52.0 Å². The first kappa shape index (κ1) is 13.7. The third-order valence-electron chi connectivity index (χ3n) is 2.68. The molecule has 6 heteroatoms. The van der Waals surface area contributed by atoms with E-state index < -0.39 is 0 Å². The summed E-state index contributed by atoms with van der Waals surface area (Å²) in [6, 6.07) is 5.68. The average molecular weight is 281 g/mol. The molecule has 0 aliphatic carbocycles. The lowest BCUT2D eigenvalue weighted by molar-refractivity contribution is 0.317. The Morgan fingerprint density at radius 3 is 2.89 bits per heavy atom. The number of aryl methyl sites for hydroxylation is 1. The Morgan fingerprint density at radius 1 is 1.42 bits per heavy atom. The molecule has 1 N–H and O–H groups in total. The fraction of sp³-hybridized carbons (Fsp3) is 0.385. The first-order valence-corrected chi connectivity index (χ1v) is 6.58. The van der Waals surface area contributed by atoms with Crippen molar-refractivity contribution in [3.63, 3.8) is 0 Å². The van der Waals surface area contributed by atoms with Gasteiger partial charge in [0.25, 0.3) is 0 Å². The number of nitrogens with zero attached hydrogens (tertiary/aromatic N) is 3. The highest BCUT2D eigenvalue weighted by molar-refractivity contribution is 6.32. The summed E-state index contributed by atoms with van der Waals surface area (Å²) in [6.45, 7) is 3.38. The molecule has 0 aliphatic heterocycles. The van der Waals surface area contributed by atoms with Gasteiger partial charge in [-0.2, -0.15) is 0 Å². The number of halogens is 1. The van der Waals surface area contributed by atoms with Crippen LogP contribution in [0, 0.1) is 0 Å². The second-order valence-corrected chi connectivity index (χ2v) is 4.60. The molecule has 2 rings (SSSR count). The summed E-state index contributed by atoms with van der Waals surface area (Å²) in [6.07, 6.45) is 2.69. The number of hydrogen-bond donors (Lipinski definition) is 1. The van der Waals surface area contributed by atoms with Gasteiger partial charge in [-0.25, -0.2) is 0 Å². The predicted octanol–water partition coefficient (Wildman–Crippen LogP) is 2.87. The van der Waals surface area contributed by atoms with Crippen molar-refractivity contribution >= 4 is 17.3 Å². The molecule has 1 aromatic heterocycles. The Kier molecular flexibility index (Phi) is 4.63. The van der Waals surface area contributed by atoms with Crippen LogP contribution in [0.2, 0.25) is 5.02 Å². The van der Waals surface area contributed by atoms with Crippen molar-refractivity contribution in [2.24, 2.45) is 7.05 Å². The Morgan fingerprint density at radius 2 is 2.26 bits per heavy atom. The lowest BCUT2D eigenvalue weighted by Crippen LogP contribution is -2.05. The van der Waals surface area contributed by atoms with Crippen LogP contribution < -0.4 is 10.1 Å². The number of hydrogen-bond acceptors (Lipinski definition) is 4. The molecule has 0 amide bonds. The maximum absolute atomic E-state index is 6.16. The number of anilines is 1. The van der Waals surface area contributed by atoms with Crippen molar-refractivity contribution < 1.29 is 4.74 Å². The van der Waals surface area contributed by atoms with E-state index in [0.717, 1.165) is 23.6 Å². The van der Waals surface area contributed by atoms with Gasteiger partial charge in [-0.05, 0) is 24.6 Å². The minimum atomic E-state index is 0.613. The highest BCUT2D eigenvalue weighted by atomic mass is 35.5. The zero-order valence-electron chi connectivity index (χ0n) is 11.1. The van der Waals surface area contributed by atoms with E-state index in [1.807, 2.05) is 25.2 Å². The maximum atomic E-state index is 6.16. The zero-order valence-corrected chi connectivity index (χ0v) is 11.8. The van der Waals surface area contributed by atoms with Crippen molar-refractivity contribution in [3.8, 4) is 5.75 Å². The standard InChI is InChI=1S/C13H17ClN4O/c1-3-6-19-13-5-4-10(7-12(13)14)15-8-11-9-16-17-18(11)2/h4-5,7,9,15H,3,6,8H2,1-2H3. The molecule has 0 radical (unpaired) electrons. The SMILES string of the molecule is CCCOc1ccc(NCc2cnnn2C)cc1Cl. The summed E-state index contributed by atoms with van der Waals surface area (Å²) in [7, 11) is 1.86. The summed E-state index contributed by atoms with van der Waals surface area (Å²) in [5, 5.41) is 11.6. The maximum Gasteiger partial charge on any atom is 0.138 e. The van der Waals surface area contributed by atoms with Crippen LogP contribution in [0.25, 0.3) is 0 Å². The number of ether oxygens (including phenoxy) is 1. The lowest BCUT2D eigenvalue weighted by atomic mass is 10.3. The lowest BCUT2D eigenvalue weighted by Gasteiger charge is -2.10. The summed E-state index contributed by atoms with van der Waals surface area (Å²) in [5.74, 6) is 0.719. The quantitative estimate of drug-likeness (QED) is 0.884. The van der Waals surface area contributed by atoms with Gasteiger partial charge in [-0.3, -0.25) is 4.68 Å². The van der Waals surface area contributed by atoms with E-state index in [-0.39, 0.29) is 0 Å². The van der Waals surface area contributed by atoms with Gasteiger partial charge in [0.2, 0.25) is 0 Å². The molecular formula is C13H17ClN4O. The van der Waals surface area contributed by atoms with Crippen molar-refractivity contribution in [3.05, 3.63) is 35.1 Å². The molecule has 0 aliphatic rings. The molecule has 0 unspecified atom stereocenters. The van der Waals surface area contributed by atoms with Crippen LogP contribution in [-0.2, 0) is 13.6 Å². The van der Waals surface area contributed by atoms with Gasteiger partial charge in [-0.1, -0.05) is 23.7 Å². The molecule has 5 nitrogen and oxygen atoms in total. The molecule has 19 heavy (non-hydrogen) atoms. The predicted molar refractivity (Wildman–Crippen MR) is 75.6 cm³/mol. The van der Waals surface area contributed by atoms with E-state index in [4.69, 9.17) is 16.3 Å². The van der Waals surface area contributed by atoms with Gasteiger partial charge in [0.15, 0.2) is 0 Å². The van der Waals surface area contributed by atoms with Crippen LogP contribution in [0.4, 0.5) is 5.69 Å². The third kappa shape index (κ3) is 3.61. The van der Waals surface area contributed by atoms with Crippen molar-refractivity contribution in [1.29, 1.82) is 0 Å². The van der Waals surface area contributed by atoms with Crippen LogP contribution in [0.3, 0.4) is 0 Å². The van der Waals surface area contributed by atoms with Crippen LogP contribution in [0.5, 0.6) is 5.75 Å². The highest BCUT2D eigenvalue weighted by Crippen LogP contribution is 2.27. The summed E-state index contributed by atoms with van der Waals surface area (Å²) in [4.78, 5) is 0. The Balaban J connectivity index is 1.98. The number of rotatable bonds is 6. The molecule has 0 spiro atoms. The van der Waals surface area contributed by atoms with Crippen LogP contribution in [0.15, 0.2) is 24.4 Å². The second-order valence-electron chi connectivity index (χ2n) is 4.20. The van der Waals surface area contributed by atoms with Gasteiger partial charge >= 0.3 is 0 Å². The van der Waals surface area contributed by atoms with Crippen LogP contribution in [0.1, 0.15) is 19.0 Å². The van der Waals surface area contributed by atoms with Crippen molar-refractivity contribution in [2.75, 3.05) is 11.9 Å². The van der Waals surface area contributed by atoms with Gasteiger partial charge in [0.05, 0.1) is 30.1 Å². The van der Waals surface area contributed by atoms with Gasteiger partial charge in [0, 0.05) is 12.7 Å². The number of nitrogens with one attached hydrogen (secondary N) is 1. The minimum absolute atomic E-state index is 0.613. The smallest absolute Gasteiger partial charge is 0.138 e. The molecule has 102 valence electrons. The fourth-order valence-corrected chi connectivity index (χ4v) is 1.84. The monoisotopic (exact) mass is 280 g/mol. The van der Waals surface area contributed by atoms with Gasteiger partial charge in [0.1, 0.15) is 5.75 Å². The van der Waals surface area contributed by atoms with Crippen LogP contribution in [-0.4, -0.2) is 21.6 Å². The number of aromatic nitrogens is 3. The molecular weight excluding hydrogens is 264 g/mol. The van der Waals surface area contributed by atoms with E-state index in [9.17, 15) is 0 Å². The number of benzene rings is 1. The van der Waals surface area contributed by atoms with E-state index in [1.165, 1.54) is 0 Å². The Labute approximate surface area is 117 Å². The zero-order chi connectivity index (χ0) is 13.7. The molecule has 0 saturated heterocycles. The van der Waals surface area contributed by atoms with Crippen LogP contribution >= 0.6 is 11.6 Å². The first-order chi connectivity index (χ1) is 9.20. The third-order valence-corrected chi connectivity index (χ3v) is 2.97. The highest BCUT2D eigenvalue weighted by Gasteiger charge is 2.04. The van der Waals surface area contributed by atoms with Gasteiger partial charge < -0.3 is 10.1 Å². The van der Waals surface area contributed by atoms with Crippen molar-refractivity contribution in [1.82, 2.24) is 15.0 Å². The molecule has 0 atom stereocenters. The first-order valence-electron chi connectivity index (χ1n) is 6.20. The largest absolute Gasteiger partial charge is 0.492 e. The molecule has 0 saturated carbocycles. The molecule has 1 heterocycles. The summed E-state index contributed by atoms with van der Waals surface area (Å²) < 4.78 is 7.26. The molecule has 0 fully saturated rings. The van der Waals surface area contributed by atoms with E-state index in [0.29, 0.717) is 18.2 Å². The van der Waals surface area contributed by atoms with E-state index >= 15 is 0 Å². The summed E-state index contributed by atoms with van der Waals surface area (Å²) in [5.41, 5.74) is 1.94. The minimum Gasteiger partial charge on any atom is -0.492 e.